The zero-order valence-electron chi connectivity index (χ0n) is 9.90. The smallest absolute Gasteiger partial charge is 0.147 e. The summed E-state index contributed by atoms with van der Waals surface area (Å²) < 4.78 is 0. The zero-order valence-corrected chi connectivity index (χ0v) is 9.90. The van der Waals surface area contributed by atoms with Gasteiger partial charge in [-0.2, -0.15) is 5.26 Å². The Morgan fingerprint density at radius 1 is 1.56 bits per heavy atom. The second-order valence-corrected chi connectivity index (χ2v) is 3.67. The van der Waals surface area contributed by atoms with Crippen LogP contribution >= 0.6 is 0 Å². The van der Waals surface area contributed by atoms with Gasteiger partial charge in [0.05, 0.1) is 5.56 Å². The fourth-order valence-corrected chi connectivity index (χ4v) is 1.58. The van der Waals surface area contributed by atoms with Gasteiger partial charge in [-0.05, 0) is 25.5 Å². The SMILES string of the molecule is C=CCN(CCC)c1nc(C)ccc1C#N. The number of nitrogens with zero attached hydrogens (tertiary/aromatic N) is 3. The molecule has 1 aromatic rings. The Kier molecular flexibility index (Phi) is 4.53. The monoisotopic (exact) mass is 215 g/mol. The second kappa shape index (κ2) is 5.92. The third-order valence-electron chi connectivity index (χ3n) is 2.28. The highest BCUT2D eigenvalue weighted by molar-refractivity contribution is 5.54. The van der Waals surface area contributed by atoms with E-state index in [1.807, 2.05) is 25.1 Å². The number of rotatable bonds is 5. The van der Waals surface area contributed by atoms with Crippen LogP contribution in [0.5, 0.6) is 0 Å². The molecule has 0 radical (unpaired) electrons. The summed E-state index contributed by atoms with van der Waals surface area (Å²) >= 11 is 0. The fraction of sp³-hybridized carbons (Fsp3) is 0.385. The number of pyridine rings is 1. The average Bonchev–Trinajstić information content (AvgIpc) is 2.29. The molecule has 0 spiro atoms. The largest absolute Gasteiger partial charge is 0.352 e. The molecular formula is C13H17N3. The van der Waals surface area contributed by atoms with Crippen molar-refractivity contribution in [1.29, 1.82) is 5.26 Å². The van der Waals surface area contributed by atoms with Crippen LogP contribution in [0.2, 0.25) is 0 Å². The summed E-state index contributed by atoms with van der Waals surface area (Å²) in [4.78, 5) is 6.52. The van der Waals surface area contributed by atoms with E-state index >= 15 is 0 Å². The van der Waals surface area contributed by atoms with Crippen LogP contribution in [0.3, 0.4) is 0 Å². The van der Waals surface area contributed by atoms with Gasteiger partial charge in [0, 0.05) is 18.8 Å². The molecule has 1 aromatic heterocycles. The average molecular weight is 215 g/mol. The molecule has 0 amide bonds. The summed E-state index contributed by atoms with van der Waals surface area (Å²) in [6, 6.07) is 5.87. The van der Waals surface area contributed by atoms with Crippen molar-refractivity contribution in [2.45, 2.75) is 20.3 Å². The standard InChI is InChI=1S/C13H17N3/c1-4-8-16(9-5-2)13-12(10-14)7-6-11(3)15-13/h4,6-7H,1,5,8-9H2,2-3H3. The maximum absolute atomic E-state index is 9.05. The highest BCUT2D eigenvalue weighted by Crippen LogP contribution is 2.17. The molecule has 3 heteroatoms. The van der Waals surface area contributed by atoms with E-state index in [1.54, 1.807) is 0 Å². The first kappa shape index (κ1) is 12.3. The maximum atomic E-state index is 9.05. The minimum absolute atomic E-state index is 0.626. The van der Waals surface area contributed by atoms with E-state index in [4.69, 9.17) is 5.26 Å². The van der Waals surface area contributed by atoms with Gasteiger partial charge in [0.1, 0.15) is 11.9 Å². The summed E-state index contributed by atoms with van der Waals surface area (Å²) in [7, 11) is 0. The maximum Gasteiger partial charge on any atom is 0.147 e. The van der Waals surface area contributed by atoms with E-state index < -0.39 is 0 Å². The minimum atomic E-state index is 0.626. The summed E-state index contributed by atoms with van der Waals surface area (Å²) in [5, 5.41) is 9.05. The van der Waals surface area contributed by atoms with Crippen LogP contribution in [0.4, 0.5) is 5.82 Å². The van der Waals surface area contributed by atoms with Crippen LogP contribution in [0, 0.1) is 18.3 Å². The molecule has 0 aliphatic carbocycles. The molecule has 0 aliphatic rings. The van der Waals surface area contributed by atoms with E-state index in [1.165, 1.54) is 0 Å². The molecular weight excluding hydrogens is 198 g/mol. The van der Waals surface area contributed by atoms with Crippen molar-refractivity contribution in [2.75, 3.05) is 18.0 Å². The Balaban J connectivity index is 3.10. The molecule has 0 N–H and O–H groups in total. The molecule has 1 rings (SSSR count). The minimum Gasteiger partial charge on any atom is -0.352 e. The predicted molar refractivity (Wildman–Crippen MR) is 66.4 cm³/mol. The summed E-state index contributed by atoms with van der Waals surface area (Å²) in [5.74, 6) is 0.768. The van der Waals surface area contributed by atoms with Crippen LogP contribution in [0.15, 0.2) is 24.8 Å². The van der Waals surface area contributed by atoms with Gasteiger partial charge in [-0.15, -0.1) is 6.58 Å². The lowest BCUT2D eigenvalue weighted by molar-refractivity contribution is 0.798. The van der Waals surface area contributed by atoms with Crippen LogP contribution in [-0.4, -0.2) is 18.1 Å². The second-order valence-electron chi connectivity index (χ2n) is 3.67. The van der Waals surface area contributed by atoms with Crippen LogP contribution in [0.25, 0.3) is 0 Å². The van der Waals surface area contributed by atoms with E-state index in [0.29, 0.717) is 5.56 Å². The molecule has 0 atom stereocenters. The van der Waals surface area contributed by atoms with Crippen LogP contribution in [-0.2, 0) is 0 Å². The Labute approximate surface area is 97.0 Å². The van der Waals surface area contributed by atoms with E-state index in [0.717, 1.165) is 31.0 Å². The summed E-state index contributed by atoms with van der Waals surface area (Å²) in [6.07, 6.45) is 2.86. The molecule has 0 aliphatic heterocycles. The molecule has 1 heterocycles. The molecule has 0 fully saturated rings. The number of aromatic nitrogens is 1. The highest BCUT2D eigenvalue weighted by Gasteiger charge is 2.11. The third kappa shape index (κ3) is 2.83. The predicted octanol–water partition coefficient (Wildman–Crippen LogP) is 2.66. The van der Waals surface area contributed by atoms with Crippen LogP contribution < -0.4 is 4.90 Å². The third-order valence-corrected chi connectivity index (χ3v) is 2.28. The molecule has 16 heavy (non-hydrogen) atoms. The quantitative estimate of drug-likeness (QED) is 0.709. The zero-order chi connectivity index (χ0) is 12.0. The lowest BCUT2D eigenvalue weighted by Crippen LogP contribution is -2.26. The van der Waals surface area contributed by atoms with Gasteiger partial charge in [0.15, 0.2) is 0 Å². The Hall–Kier alpha value is -1.82. The topological polar surface area (TPSA) is 39.9 Å². The molecule has 0 bridgehead atoms. The molecule has 0 saturated heterocycles. The number of hydrogen-bond donors (Lipinski definition) is 0. The molecule has 0 unspecified atom stereocenters. The first-order valence-corrected chi connectivity index (χ1v) is 5.46. The van der Waals surface area contributed by atoms with E-state index in [-0.39, 0.29) is 0 Å². The number of anilines is 1. The van der Waals surface area contributed by atoms with Crippen molar-refractivity contribution in [3.05, 3.63) is 36.0 Å². The molecule has 0 saturated carbocycles. The first-order valence-electron chi connectivity index (χ1n) is 5.46. The molecule has 3 nitrogen and oxygen atoms in total. The van der Waals surface area contributed by atoms with Gasteiger partial charge >= 0.3 is 0 Å². The number of aryl methyl sites for hydroxylation is 1. The van der Waals surface area contributed by atoms with Gasteiger partial charge in [-0.3, -0.25) is 0 Å². The first-order chi connectivity index (χ1) is 7.72. The van der Waals surface area contributed by atoms with Gasteiger partial charge in [0.2, 0.25) is 0 Å². The van der Waals surface area contributed by atoms with E-state index in [2.05, 4.69) is 29.5 Å². The lowest BCUT2D eigenvalue weighted by Gasteiger charge is -2.22. The van der Waals surface area contributed by atoms with Crippen molar-refractivity contribution in [2.24, 2.45) is 0 Å². The normalized spacial score (nSPS) is 9.56. The lowest BCUT2D eigenvalue weighted by atomic mass is 10.2. The van der Waals surface area contributed by atoms with Gasteiger partial charge in [-0.25, -0.2) is 4.98 Å². The Morgan fingerprint density at radius 3 is 2.88 bits per heavy atom. The molecule has 84 valence electrons. The highest BCUT2D eigenvalue weighted by atomic mass is 15.2. The van der Waals surface area contributed by atoms with Crippen molar-refractivity contribution >= 4 is 5.82 Å². The number of nitriles is 1. The number of hydrogen-bond acceptors (Lipinski definition) is 3. The van der Waals surface area contributed by atoms with Gasteiger partial charge < -0.3 is 4.90 Å². The fourth-order valence-electron chi connectivity index (χ4n) is 1.58. The summed E-state index contributed by atoms with van der Waals surface area (Å²) in [5.41, 5.74) is 1.56. The Morgan fingerprint density at radius 2 is 2.31 bits per heavy atom. The van der Waals surface area contributed by atoms with Gasteiger partial charge in [0.25, 0.3) is 0 Å². The van der Waals surface area contributed by atoms with Crippen molar-refractivity contribution in [3.8, 4) is 6.07 Å². The van der Waals surface area contributed by atoms with Crippen molar-refractivity contribution < 1.29 is 0 Å². The van der Waals surface area contributed by atoms with Crippen molar-refractivity contribution in [3.63, 3.8) is 0 Å². The van der Waals surface area contributed by atoms with Crippen LogP contribution in [0.1, 0.15) is 24.6 Å². The summed E-state index contributed by atoms with van der Waals surface area (Å²) in [6.45, 7) is 9.38. The molecule has 0 aromatic carbocycles. The van der Waals surface area contributed by atoms with Gasteiger partial charge in [-0.1, -0.05) is 13.0 Å². The Bertz CT molecular complexity index is 404. The van der Waals surface area contributed by atoms with Crippen molar-refractivity contribution in [1.82, 2.24) is 4.98 Å². The van der Waals surface area contributed by atoms with E-state index in [9.17, 15) is 0 Å².